The molecule has 0 spiro atoms. The van der Waals surface area contributed by atoms with Crippen LogP contribution in [0.1, 0.15) is 37.4 Å². The van der Waals surface area contributed by atoms with Crippen LogP contribution in [0.2, 0.25) is 0 Å². The third kappa shape index (κ3) is 4.87. The maximum Gasteiger partial charge on any atom is 0.241 e. The van der Waals surface area contributed by atoms with E-state index in [9.17, 15) is 18.0 Å². The molecule has 0 radical (unpaired) electrons. The van der Waals surface area contributed by atoms with E-state index in [1.165, 1.54) is 10.6 Å². The van der Waals surface area contributed by atoms with Crippen LogP contribution in [0, 0.1) is 5.92 Å². The zero-order chi connectivity index (χ0) is 20.3. The fraction of sp³-hybridized carbons (Fsp3) is 0.706. The first-order chi connectivity index (χ1) is 13.3. The van der Waals surface area contributed by atoms with Crippen molar-refractivity contribution in [2.45, 2.75) is 44.2 Å². The fourth-order valence-electron chi connectivity index (χ4n) is 3.45. The molecule has 11 heteroatoms. The lowest BCUT2D eigenvalue weighted by Crippen LogP contribution is -2.41. The van der Waals surface area contributed by atoms with Crippen LogP contribution in [-0.2, 0) is 37.7 Å². The number of aromatic nitrogens is 2. The lowest BCUT2D eigenvalue weighted by Gasteiger charge is -2.29. The zero-order valence-electron chi connectivity index (χ0n) is 16.2. The molecule has 9 nitrogen and oxygen atoms in total. The van der Waals surface area contributed by atoms with Gasteiger partial charge < -0.3 is 10.6 Å². The predicted molar refractivity (Wildman–Crippen MR) is 108 cm³/mol. The Bertz CT molecular complexity index is 844. The van der Waals surface area contributed by atoms with Gasteiger partial charge in [-0.3, -0.25) is 9.59 Å². The summed E-state index contributed by atoms with van der Waals surface area (Å²) in [5.41, 5.74) is 1.89. The van der Waals surface area contributed by atoms with E-state index in [0.717, 1.165) is 29.2 Å². The molecule has 3 heterocycles. The van der Waals surface area contributed by atoms with Crippen LogP contribution in [0.4, 0.5) is 5.82 Å². The number of nitrogens with one attached hydrogen (secondary N) is 2. The summed E-state index contributed by atoms with van der Waals surface area (Å²) in [7, 11) is -3.22. The SMILES string of the molecule is CCCNC(=O)Cn1nc2c(c1NC(=O)C1CCN(S(C)(=O)=O)CC1)CSC2. The molecule has 0 unspecified atom stereocenters. The van der Waals surface area contributed by atoms with Gasteiger partial charge in [0.1, 0.15) is 12.4 Å². The van der Waals surface area contributed by atoms with Gasteiger partial charge in [0.15, 0.2) is 0 Å². The number of hydrogen-bond donors (Lipinski definition) is 2. The number of carbonyl (C=O) groups is 2. The normalized spacial score (nSPS) is 18.1. The minimum atomic E-state index is -3.22. The Morgan fingerprint density at radius 2 is 1.96 bits per heavy atom. The number of sulfonamides is 1. The predicted octanol–water partition coefficient (Wildman–Crippen LogP) is 0.766. The number of fused-ring (bicyclic) bond motifs is 1. The minimum Gasteiger partial charge on any atom is -0.355 e. The molecular formula is C17H27N5O4S2. The molecule has 156 valence electrons. The standard InChI is InChI=1S/C17H27N5O4S2/c1-3-6-18-15(23)9-22-16(13-10-27-11-14(13)20-22)19-17(24)12-4-7-21(8-5-12)28(2,25)26/h12H,3-11H2,1-2H3,(H,18,23)(H,19,24). The molecule has 0 aromatic carbocycles. The molecule has 1 aromatic heterocycles. The number of piperidine rings is 1. The first kappa shape index (κ1) is 21.1. The molecule has 28 heavy (non-hydrogen) atoms. The van der Waals surface area contributed by atoms with E-state index in [2.05, 4.69) is 15.7 Å². The largest absolute Gasteiger partial charge is 0.355 e. The number of hydrogen-bond acceptors (Lipinski definition) is 6. The molecule has 2 aliphatic rings. The van der Waals surface area contributed by atoms with E-state index in [1.807, 2.05) is 6.92 Å². The Morgan fingerprint density at radius 3 is 2.61 bits per heavy atom. The maximum absolute atomic E-state index is 12.8. The van der Waals surface area contributed by atoms with Crippen molar-refractivity contribution in [3.63, 3.8) is 0 Å². The first-order valence-electron chi connectivity index (χ1n) is 9.48. The highest BCUT2D eigenvalue weighted by atomic mass is 32.2. The Morgan fingerprint density at radius 1 is 1.25 bits per heavy atom. The second-order valence-corrected chi connectivity index (χ2v) is 10.2. The number of nitrogens with zero attached hydrogens (tertiary/aromatic N) is 3. The van der Waals surface area contributed by atoms with Gasteiger partial charge in [0, 0.05) is 42.6 Å². The van der Waals surface area contributed by atoms with Crippen LogP contribution in [0.5, 0.6) is 0 Å². The van der Waals surface area contributed by atoms with Gasteiger partial charge in [0.25, 0.3) is 0 Å². The Balaban J connectivity index is 1.68. The molecule has 1 aromatic rings. The van der Waals surface area contributed by atoms with E-state index in [0.29, 0.717) is 38.3 Å². The highest BCUT2D eigenvalue weighted by Crippen LogP contribution is 2.35. The van der Waals surface area contributed by atoms with Gasteiger partial charge in [-0.1, -0.05) is 6.92 Å². The molecule has 0 aliphatic carbocycles. The van der Waals surface area contributed by atoms with Gasteiger partial charge in [0.2, 0.25) is 21.8 Å². The van der Waals surface area contributed by atoms with Crippen molar-refractivity contribution >= 4 is 39.4 Å². The summed E-state index contributed by atoms with van der Waals surface area (Å²) in [6, 6.07) is 0. The van der Waals surface area contributed by atoms with Gasteiger partial charge in [-0.25, -0.2) is 17.4 Å². The Kier molecular flexibility index (Phi) is 6.66. The fourth-order valence-corrected chi connectivity index (χ4v) is 5.35. The summed E-state index contributed by atoms with van der Waals surface area (Å²) in [5.74, 6) is 1.61. The van der Waals surface area contributed by atoms with Crippen molar-refractivity contribution < 1.29 is 18.0 Å². The Hall–Kier alpha value is -1.59. The molecule has 0 bridgehead atoms. The second-order valence-electron chi connectivity index (χ2n) is 7.20. The highest BCUT2D eigenvalue weighted by molar-refractivity contribution is 7.98. The number of anilines is 1. The average Bonchev–Trinajstić information content (AvgIpc) is 3.22. The van der Waals surface area contributed by atoms with E-state index in [-0.39, 0.29) is 24.3 Å². The van der Waals surface area contributed by atoms with Crippen molar-refractivity contribution in [2.24, 2.45) is 5.92 Å². The number of carbonyl (C=O) groups excluding carboxylic acids is 2. The Labute approximate surface area is 169 Å². The topological polar surface area (TPSA) is 113 Å². The van der Waals surface area contributed by atoms with Crippen molar-refractivity contribution in [3.05, 3.63) is 11.3 Å². The van der Waals surface area contributed by atoms with Crippen molar-refractivity contribution in [1.29, 1.82) is 0 Å². The van der Waals surface area contributed by atoms with Crippen molar-refractivity contribution in [2.75, 3.05) is 31.2 Å². The van der Waals surface area contributed by atoms with Crippen LogP contribution < -0.4 is 10.6 Å². The van der Waals surface area contributed by atoms with Gasteiger partial charge in [-0.2, -0.15) is 16.9 Å². The summed E-state index contributed by atoms with van der Waals surface area (Å²) in [5, 5.41) is 10.3. The summed E-state index contributed by atoms with van der Waals surface area (Å²) < 4.78 is 26.3. The molecule has 2 amide bonds. The summed E-state index contributed by atoms with van der Waals surface area (Å²) in [6.45, 7) is 3.36. The smallest absolute Gasteiger partial charge is 0.241 e. The van der Waals surface area contributed by atoms with Crippen LogP contribution in [0.25, 0.3) is 0 Å². The highest BCUT2D eigenvalue weighted by Gasteiger charge is 2.31. The lowest BCUT2D eigenvalue weighted by atomic mass is 9.97. The van der Waals surface area contributed by atoms with E-state index in [1.54, 1.807) is 16.4 Å². The molecule has 2 N–H and O–H groups in total. The molecular weight excluding hydrogens is 402 g/mol. The van der Waals surface area contributed by atoms with Crippen molar-refractivity contribution in [3.8, 4) is 0 Å². The molecule has 1 fully saturated rings. The van der Waals surface area contributed by atoms with E-state index < -0.39 is 10.0 Å². The van der Waals surface area contributed by atoms with Gasteiger partial charge >= 0.3 is 0 Å². The van der Waals surface area contributed by atoms with Crippen molar-refractivity contribution in [1.82, 2.24) is 19.4 Å². The van der Waals surface area contributed by atoms with Crippen LogP contribution in [0.15, 0.2) is 0 Å². The molecule has 3 rings (SSSR count). The zero-order valence-corrected chi connectivity index (χ0v) is 17.9. The summed E-state index contributed by atoms with van der Waals surface area (Å²) >= 11 is 1.73. The minimum absolute atomic E-state index is 0.0692. The molecule has 0 saturated carbocycles. The first-order valence-corrected chi connectivity index (χ1v) is 12.5. The van der Waals surface area contributed by atoms with Crippen LogP contribution in [-0.4, -0.2) is 60.2 Å². The molecule has 0 atom stereocenters. The lowest BCUT2D eigenvalue weighted by molar-refractivity contribution is -0.122. The third-order valence-electron chi connectivity index (χ3n) is 5.02. The average molecular weight is 430 g/mol. The van der Waals surface area contributed by atoms with Crippen LogP contribution in [0.3, 0.4) is 0 Å². The van der Waals surface area contributed by atoms with E-state index >= 15 is 0 Å². The summed E-state index contributed by atoms with van der Waals surface area (Å²) in [4.78, 5) is 24.9. The summed E-state index contributed by atoms with van der Waals surface area (Å²) in [6.07, 6.45) is 3.02. The van der Waals surface area contributed by atoms with Gasteiger partial charge in [0.05, 0.1) is 11.9 Å². The third-order valence-corrected chi connectivity index (χ3v) is 7.29. The van der Waals surface area contributed by atoms with Crippen LogP contribution >= 0.6 is 11.8 Å². The number of amides is 2. The number of rotatable bonds is 7. The molecule has 1 saturated heterocycles. The quantitative estimate of drug-likeness (QED) is 0.662. The van der Waals surface area contributed by atoms with Gasteiger partial charge in [-0.05, 0) is 19.3 Å². The maximum atomic E-state index is 12.8. The number of thioether (sulfide) groups is 1. The molecule has 2 aliphatic heterocycles. The van der Waals surface area contributed by atoms with E-state index in [4.69, 9.17) is 0 Å². The monoisotopic (exact) mass is 429 g/mol. The van der Waals surface area contributed by atoms with Gasteiger partial charge in [-0.15, -0.1) is 0 Å². The second kappa shape index (κ2) is 8.83.